The molecule has 2 fully saturated rings. The van der Waals surface area contributed by atoms with Gasteiger partial charge in [0.1, 0.15) is 40.2 Å². The molecular formula is C31H35FN8O3. The predicted octanol–water partition coefficient (Wildman–Crippen LogP) is 3.96. The van der Waals surface area contributed by atoms with Crippen molar-refractivity contribution in [2.24, 2.45) is 0 Å². The Labute approximate surface area is 248 Å². The number of carbonyl (C=O) groups is 2. The lowest BCUT2D eigenvalue weighted by molar-refractivity contribution is -0.143. The van der Waals surface area contributed by atoms with E-state index >= 15 is 4.39 Å². The van der Waals surface area contributed by atoms with Crippen LogP contribution in [0.5, 0.6) is 5.75 Å². The highest BCUT2D eigenvalue weighted by atomic mass is 19.1. The summed E-state index contributed by atoms with van der Waals surface area (Å²) in [7, 11) is 0. The zero-order chi connectivity index (χ0) is 30.2. The Morgan fingerprint density at radius 3 is 2.77 bits per heavy atom. The molecular weight excluding hydrogens is 551 g/mol. The van der Waals surface area contributed by atoms with Crippen LogP contribution in [0.25, 0.3) is 16.8 Å². The van der Waals surface area contributed by atoms with Crippen LogP contribution in [0, 0.1) is 5.82 Å². The van der Waals surface area contributed by atoms with Crippen LogP contribution < -0.4 is 15.8 Å². The van der Waals surface area contributed by atoms with Crippen LogP contribution in [-0.2, 0) is 4.79 Å². The molecule has 11 nitrogen and oxygen atoms in total. The molecule has 3 aromatic heterocycles. The number of carbonyl (C=O) groups excluding carboxylic acids is 2. The van der Waals surface area contributed by atoms with Crippen LogP contribution in [-0.4, -0.2) is 79.3 Å². The van der Waals surface area contributed by atoms with E-state index < -0.39 is 11.7 Å². The number of nitrogen functional groups attached to an aromatic ring is 1. The lowest BCUT2D eigenvalue weighted by Crippen LogP contribution is -2.60. The lowest BCUT2D eigenvalue weighted by atomic mass is 9.90. The van der Waals surface area contributed by atoms with Crippen molar-refractivity contribution in [1.82, 2.24) is 29.2 Å². The molecule has 4 aromatic rings. The molecule has 3 N–H and O–H groups in total. The Morgan fingerprint density at radius 2 is 2.02 bits per heavy atom. The van der Waals surface area contributed by atoms with Gasteiger partial charge in [0, 0.05) is 55.2 Å². The molecule has 0 unspecified atom stereocenters. The minimum Gasteiger partial charge on any atom is -0.493 e. The van der Waals surface area contributed by atoms with Crippen molar-refractivity contribution >= 4 is 29.0 Å². The monoisotopic (exact) mass is 586 g/mol. The molecule has 43 heavy (non-hydrogen) atoms. The highest BCUT2D eigenvalue weighted by Gasteiger charge is 2.39. The number of ether oxygens (including phenoxy) is 1. The fourth-order valence-electron chi connectivity index (χ4n) is 6.11. The maximum Gasteiger partial charge on any atom is 0.257 e. The van der Waals surface area contributed by atoms with Gasteiger partial charge < -0.3 is 20.7 Å². The van der Waals surface area contributed by atoms with E-state index in [0.717, 1.165) is 25.5 Å². The first-order chi connectivity index (χ1) is 20.7. The third-order valence-electron chi connectivity index (χ3n) is 8.28. The third-order valence-corrected chi connectivity index (χ3v) is 8.28. The fraction of sp³-hybridized carbons (Fsp3) is 0.387. The second-order valence-corrected chi connectivity index (χ2v) is 11.3. The van der Waals surface area contributed by atoms with Crippen molar-refractivity contribution in [2.45, 2.75) is 51.6 Å². The fourth-order valence-corrected chi connectivity index (χ4v) is 6.11. The molecule has 2 aliphatic rings. The number of amides is 2. The number of imidazole rings is 1. The van der Waals surface area contributed by atoms with Crippen molar-refractivity contribution in [3.05, 3.63) is 66.1 Å². The van der Waals surface area contributed by atoms with Gasteiger partial charge in [-0.05, 0) is 57.9 Å². The number of piperidine rings is 1. The molecule has 1 aromatic carbocycles. The van der Waals surface area contributed by atoms with E-state index in [1.165, 1.54) is 6.07 Å². The summed E-state index contributed by atoms with van der Waals surface area (Å²) in [6.45, 7) is 8.00. The molecule has 0 saturated carbocycles. The number of halogens is 1. The van der Waals surface area contributed by atoms with E-state index in [9.17, 15) is 9.59 Å². The van der Waals surface area contributed by atoms with Crippen molar-refractivity contribution in [3.8, 4) is 17.0 Å². The van der Waals surface area contributed by atoms with Crippen LogP contribution in [0.4, 0.5) is 16.0 Å². The third kappa shape index (κ3) is 5.38. The molecule has 2 atom stereocenters. The molecule has 5 heterocycles. The Balaban J connectivity index is 1.38. The minimum absolute atomic E-state index is 0.0718. The van der Waals surface area contributed by atoms with Crippen molar-refractivity contribution in [2.75, 3.05) is 37.3 Å². The topological polar surface area (TPSA) is 131 Å². The SMILES string of the molecule is CCOc1cc(C(=O)Nc2ccccn2)cc(F)c1-c1nc([C@@H]2CC[C@H]3CN(C(C)C)CC(=O)N3C2)n2ccnc(N)c12. The van der Waals surface area contributed by atoms with Crippen LogP contribution >= 0.6 is 0 Å². The summed E-state index contributed by atoms with van der Waals surface area (Å²) in [5.41, 5.74) is 7.26. The van der Waals surface area contributed by atoms with Crippen LogP contribution in [0.2, 0.25) is 0 Å². The van der Waals surface area contributed by atoms with Crippen molar-refractivity contribution < 1.29 is 18.7 Å². The molecule has 224 valence electrons. The standard InChI is InChI=1S/C31H35FN8O3/c1-4-43-23-14-20(31(42)36-24-7-5-6-10-34-24)13-22(32)26(23)27-28-29(33)35-11-12-39(28)30(37-27)19-8-9-21-16-38(18(2)3)17-25(41)40(21)15-19/h5-7,10-14,18-19,21H,4,8-9,15-17H2,1-3H3,(H2,33,35)(H,34,36,42)/t19-,21+/m1/s1. The smallest absolute Gasteiger partial charge is 0.257 e. The van der Waals surface area contributed by atoms with E-state index in [2.05, 4.69) is 34.0 Å². The number of piperazine rings is 1. The van der Waals surface area contributed by atoms with Gasteiger partial charge in [0.25, 0.3) is 5.91 Å². The Bertz CT molecular complexity index is 1670. The highest BCUT2D eigenvalue weighted by Crippen LogP contribution is 2.40. The van der Waals surface area contributed by atoms with E-state index in [4.69, 9.17) is 15.5 Å². The first kappa shape index (κ1) is 28.5. The molecule has 2 saturated heterocycles. The van der Waals surface area contributed by atoms with Gasteiger partial charge in [-0.1, -0.05) is 6.07 Å². The molecule has 0 bridgehead atoms. The Hall–Kier alpha value is -4.58. The number of rotatable bonds is 7. The molecule has 2 amide bonds. The highest BCUT2D eigenvalue weighted by molar-refractivity contribution is 6.04. The molecule has 2 aliphatic heterocycles. The zero-order valence-corrected chi connectivity index (χ0v) is 24.5. The van der Waals surface area contributed by atoms with E-state index in [1.54, 1.807) is 43.7 Å². The lowest BCUT2D eigenvalue weighted by Gasteiger charge is -2.46. The summed E-state index contributed by atoms with van der Waals surface area (Å²) in [6.07, 6.45) is 6.55. The molecule has 0 radical (unpaired) electrons. The predicted molar refractivity (Wildman–Crippen MR) is 160 cm³/mol. The number of pyridine rings is 1. The normalized spacial score (nSPS) is 19.1. The number of anilines is 2. The van der Waals surface area contributed by atoms with Gasteiger partial charge in [-0.15, -0.1) is 0 Å². The average molecular weight is 587 g/mol. The number of fused-ring (bicyclic) bond motifs is 2. The van der Waals surface area contributed by atoms with E-state index in [1.807, 2.05) is 9.30 Å². The maximum atomic E-state index is 16.1. The van der Waals surface area contributed by atoms with Gasteiger partial charge in [0.05, 0.1) is 18.7 Å². The summed E-state index contributed by atoms with van der Waals surface area (Å²) in [5.74, 6) is 0.179. The maximum absolute atomic E-state index is 16.1. The van der Waals surface area contributed by atoms with Crippen molar-refractivity contribution in [3.63, 3.8) is 0 Å². The van der Waals surface area contributed by atoms with Crippen LogP contribution in [0.15, 0.2) is 48.9 Å². The largest absolute Gasteiger partial charge is 0.493 e. The Kier molecular flexibility index (Phi) is 7.70. The first-order valence-corrected chi connectivity index (χ1v) is 14.6. The zero-order valence-electron chi connectivity index (χ0n) is 24.5. The van der Waals surface area contributed by atoms with E-state index in [0.29, 0.717) is 36.3 Å². The first-order valence-electron chi connectivity index (χ1n) is 14.6. The number of aromatic nitrogens is 4. The summed E-state index contributed by atoms with van der Waals surface area (Å²) in [4.78, 5) is 43.7. The van der Waals surface area contributed by atoms with Gasteiger partial charge >= 0.3 is 0 Å². The number of hydrogen-bond donors (Lipinski definition) is 2. The van der Waals surface area contributed by atoms with Gasteiger partial charge in [0.2, 0.25) is 5.91 Å². The summed E-state index contributed by atoms with van der Waals surface area (Å²) in [5, 5.41) is 2.68. The number of nitrogens with one attached hydrogen (secondary N) is 1. The second kappa shape index (κ2) is 11.6. The van der Waals surface area contributed by atoms with Gasteiger partial charge in [-0.3, -0.25) is 18.9 Å². The van der Waals surface area contributed by atoms with Crippen molar-refractivity contribution in [1.29, 1.82) is 0 Å². The van der Waals surface area contributed by atoms with Crippen LogP contribution in [0.1, 0.15) is 55.7 Å². The summed E-state index contributed by atoms with van der Waals surface area (Å²) >= 11 is 0. The molecule has 0 aliphatic carbocycles. The summed E-state index contributed by atoms with van der Waals surface area (Å²) < 4.78 is 23.8. The quantitative estimate of drug-likeness (QED) is 0.333. The van der Waals surface area contributed by atoms with Crippen LogP contribution in [0.3, 0.4) is 0 Å². The molecule has 12 heteroatoms. The number of benzene rings is 1. The van der Waals surface area contributed by atoms with Gasteiger partial charge in [-0.25, -0.2) is 19.3 Å². The molecule has 0 spiro atoms. The minimum atomic E-state index is -0.685. The number of nitrogens with zero attached hydrogens (tertiary/aromatic N) is 6. The Morgan fingerprint density at radius 1 is 1.19 bits per heavy atom. The van der Waals surface area contributed by atoms with Gasteiger partial charge in [-0.2, -0.15) is 0 Å². The number of nitrogens with two attached hydrogens (primary N) is 1. The second-order valence-electron chi connectivity index (χ2n) is 11.3. The number of hydrogen-bond acceptors (Lipinski definition) is 8. The molecule has 6 rings (SSSR count). The van der Waals surface area contributed by atoms with E-state index in [-0.39, 0.29) is 52.9 Å². The summed E-state index contributed by atoms with van der Waals surface area (Å²) in [6, 6.07) is 8.24. The van der Waals surface area contributed by atoms with Gasteiger partial charge in [0.15, 0.2) is 0 Å². The average Bonchev–Trinajstić information content (AvgIpc) is 3.38.